The fourth-order valence-corrected chi connectivity index (χ4v) is 2.19. The van der Waals surface area contributed by atoms with E-state index in [-0.39, 0.29) is 5.75 Å². The molecule has 1 aromatic carbocycles. The number of ether oxygens (including phenoxy) is 1. The summed E-state index contributed by atoms with van der Waals surface area (Å²) in [6.07, 6.45) is 1.78. The highest BCUT2D eigenvalue weighted by atomic mass is 16.5. The van der Waals surface area contributed by atoms with Crippen molar-refractivity contribution in [3.63, 3.8) is 0 Å². The predicted molar refractivity (Wildman–Crippen MR) is 64.0 cm³/mol. The number of hydrogen-bond donors (Lipinski definition) is 1. The van der Waals surface area contributed by atoms with E-state index in [2.05, 4.69) is 4.90 Å². The van der Waals surface area contributed by atoms with E-state index in [1.807, 2.05) is 6.07 Å². The zero-order chi connectivity index (χ0) is 11.7. The highest BCUT2D eigenvalue weighted by molar-refractivity contribution is 5.82. The maximum atomic E-state index is 9.37. The largest absolute Gasteiger partial charge is 0.508 e. The van der Waals surface area contributed by atoms with Gasteiger partial charge in [0.15, 0.2) is 0 Å². The van der Waals surface area contributed by atoms with Gasteiger partial charge in [0.2, 0.25) is 0 Å². The Morgan fingerprint density at radius 2 is 2.06 bits per heavy atom. The molecule has 1 N–H and O–H groups in total. The topological polar surface area (TPSA) is 45.8 Å². The number of aromatic hydroxyl groups is 1. The minimum atomic E-state index is 0.241. The van der Waals surface area contributed by atoms with Crippen molar-refractivity contribution < 1.29 is 14.3 Å². The molecule has 0 aliphatic carbocycles. The molecule has 1 saturated heterocycles. The lowest BCUT2D eigenvalue weighted by Crippen LogP contribution is -2.35. The Bertz CT molecular complexity index is 514. The Hall–Kier alpha value is -1.52. The molecule has 0 spiro atoms. The maximum absolute atomic E-state index is 9.37. The molecule has 4 nitrogen and oxygen atoms in total. The summed E-state index contributed by atoms with van der Waals surface area (Å²) in [6, 6.07) is 5.25. The first-order valence-electron chi connectivity index (χ1n) is 5.82. The quantitative estimate of drug-likeness (QED) is 0.861. The van der Waals surface area contributed by atoms with E-state index >= 15 is 0 Å². The van der Waals surface area contributed by atoms with Gasteiger partial charge in [-0.15, -0.1) is 0 Å². The summed E-state index contributed by atoms with van der Waals surface area (Å²) in [5.41, 5.74) is 1.91. The summed E-state index contributed by atoms with van der Waals surface area (Å²) in [5, 5.41) is 10.5. The zero-order valence-corrected chi connectivity index (χ0v) is 9.56. The summed E-state index contributed by atoms with van der Waals surface area (Å²) in [6.45, 7) is 4.41. The van der Waals surface area contributed by atoms with Crippen LogP contribution in [0.1, 0.15) is 5.56 Å². The first kappa shape index (κ1) is 10.6. The van der Waals surface area contributed by atoms with Crippen LogP contribution in [0.5, 0.6) is 5.75 Å². The van der Waals surface area contributed by atoms with Gasteiger partial charge in [-0.3, -0.25) is 4.90 Å². The summed E-state index contributed by atoms with van der Waals surface area (Å²) < 4.78 is 10.8. The van der Waals surface area contributed by atoms with Crippen molar-refractivity contribution in [2.45, 2.75) is 6.54 Å². The van der Waals surface area contributed by atoms with Crippen molar-refractivity contribution in [1.29, 1.82) is 0 Å². The molecule has 0 saturated carbocycles. The number of rotatable bonds is 2. The van der Waals surface area contributed by atoms with E-state index in [4.69, 9.17) is 9.15 Å². The second-order valence-electron chi connectivity index (χ2n) is 4.33. The van der Waals surface area contributed by atoms with E-state index in [1.54, 1.807) is 18.4 Å². The minimum absolute atomic E-state index is 0.241. The predicted octanol–water partition coefficient (Wildman–Crippen LogP) is 1.97. The first-order valence-corrected chi connectivity index (χ1v) is 5.82. The lowest BCUT2D eigenvalue weighted by molar-refractivity contribution is 0.0342. The third-order valence-corrected chi connectivity index (χ3v) is 3.14. The Balaban J connectivity index is 1.84. The van der Waals surface area contributed by atoms with Crippen LogP contribution in [0.2, 0.25) is 0 Å². The van der Waals surface area contributed by atoms with Crippen molar-refractivity contribution in [1.82, 2.24) is 4.90 Å². The van der Waals surface area contributed by atoms with Crippen molar-refractivity contribution in [2.75, 3.05) is 26.3 Å². The SMILES string of the molecule is Oc1ccc2c(CN3CCOCC3)coc2c1. The highest BCUT2D eigenvalue weighted by Gasteiger charge is 2.14. The summed E-state index contributed by atoms with van der Waals surface area (Å²) in [7, 11) is 0. The molecule has 1 aromatic heterocycles. The molecule has 4 heteroatoms. The number of phenols is 1. The summed E-state index contributed by atoms with van der Waals surface area (Å²) >= 11 is 0. The Morgan fingerprint density at radius 3 is 2.88 bits per heavy atom. The van der Waals surface area contributed by atoms with Crippen LogP contribution < -0.4 is 0 Å². The van der Waals surface area contributed by atoms with Gasteiger partial charge in [0.05, 0.1) is 19.5 Å². The monoisotopic (exact) mass is 233 g/mol. The average molecular weight is 233 g/mol. The highest BCUT2D eigenvalue weighted by Crippen LogP contribution is 2.26. The van der Waals surface area contributed by atoms with E-state index in [1.165, 1.54) is 5.56 Å². The molecule has 2 heterocycles. The minimum Gasteiger partial charge on any atom is -0.508 e. The first-order chi connectivity index (χ1) is 8.33. The number of furan rings is 1. The molecule has 2 aromatic rings. The van der Waals surface area contributed by atoms with Gasteiger partial charge in [0.25, 0.3) is 0 Å². The molecule has 90 valence electrons. The Morgan fingerprint density at radius 1 is 1.24 bits per heavy atom. The van der Waals surface area contributed by atoms with Gasteiger partial charge in [0, 0.05) is 36.7 Å². The lowest BCUT2D eigenvalue weighted by Gasteiger charge is -2.26. The van der Waals surface area contributed by atoms with Crippen LogP contribution in [0.4, 0.5) is 0 Å². The molecule has 17 heavy (non-hydrogen) atoms. The van der Waals surface area contributed by atoms with Crippen LogP contribution in [0, 0.1) is 0 Å². The molecule has 1 aliphatic rings. The van der Waals surface area contributed by atoms with Crippen molar-refractivity contribution in [3.05, 3.63) is 30.0 Å². The van der Waals surface area contributed by atoms with Crippen LogP contribution in [0.15, 0.2) is 28.9 Å². The standard InChI is InChI=1S/C13H15NO3/c15-11-1-2-12-10(9-17-13(12)7-11)8-14-3-5-16-6-4-14/h1-2,7,9,15H,3-6,8H2. The second-order valence-corrected chi connectivity index (χ2v) is 4.33. The smallest absolute Gasteiger partial charge is 0.137 e. The molecule has 1 fully saturated rings. The van der Waals surface area contributed by atoms with Gasteiger partial charge in [-0.25, -0.2) is 0 Å². The van der Waals surface area contributed by atoms with Crippen LogP contribution in [-0.4, -0.2) is 36.3 Å². The van der Waals surface area contributed by atoms with Crippen molar-refractivity contribution in [3.8, 4) is 5.75 Å². The Labute approximate surface area is 99.4 Å². The summed E-state index contributed by atoms with van der Waals surface area (Å²) in [4.78, 5) is 2.35. The van der Waals surface area contributed by atoms with Gasteiger partial charge in [0.1, 0.15) is 11.3 Å². The number of fused-ring (bicyclic) bond motifs is 1. The normalized spacial score (nSPS) is 17.6. The van der Waals surface area contributed by atoms with Gasteiger partial charge < -0.3 is 14.3 Å². The van der Waals surface area contributed by atoms with Crippen molar-refractivity contribution >= 4 is 11.0 Å². The van der Waals surface area contributed by atoms with E-state index < -0.39 is 0 Å². The summed E-state index contributed by atoms with van der Waals surface area (Å²) in [5.74, 6) is 0.241. The molecule has 0 amide bonds. The Kier molecular flexibility index (Phi) is 2.74. The maximum Gasteiger partial charge on any atom is 0.137 e. The number of phenolic OH excluding ortho intramolecular Hbond substituents is 1. The average Bonchev–Trinajstić information content (AvgIpc) is 2.73. The molecule has 0 atom stereocenters. The van der Waals surface area contributed by atoms with Crippen LogP contribution in [0.25, 0.3) is 11.0 Å². The number of nitrogens with zero attached hydrogens (tertiary/aromatic N) is 1. The van der Waals surface area contributed by atoms with Crippen LogP contribution >= 0.6 is 0 Å². The van der Waals surface area contributed by atoms with Gasteiger partial charge in [-0.05, 0) is 12.1 Å². The van der Waals surface area contributed by atoms with Gasteiger partial charge in [-0.2, -0.15) is 0 Å². The third-order valence-electron chi connectivity index (χ3n) is 3.14. The molecule has 3 rings (SSSR count). The molecular weight excluding hydrogens is 218 g/mol. The van der Waals surface area contributed by atoms with E-state index in [9.17, 15) is 5.11 Å². The van der Waals surface area contributed by atoms with Gasteiger partial charge >= 0.3 is 0 Å². The molecule has 1 aliphatic heterocycles. The fourth-order valence-electron chi connectivity index (χ4n) is 2.19. The van der Waals surface area contributed by atoms with Gasteiger partial charge in [-0.1, -0.05) is 0 Å². The van der Waals surface area contributed by atoms with E-state index in [0.717, 1.165) is 43.8 Å². The molecule has 0 unspecified atom stereocenters. The molecule has 0 radical (unpaired) electrons. The van der Waals surface area contributed by atoms with E-state index in [0.29, 0.717) is 0 Å². The fraction of sp³-hybridized carbons (Fsp3) is 0.385. The number of hydrogen-bond acceptors (Lipinski definition) is 4. The molecular formula is C13H15NO3. The lowest BCUT2D eigenvalue weighted by atomic mass is 10.1. The zero-order valence-electron chi connectivity index (χ0n) is 9.56. The third kappa shape index (κ3) is 2.14. The van der Waals surface area contributed by atoms with Crippen LogP contribution in [-0.2, 0) is 11.3 Å². The van der Waals surface area contributed by atoms with Crippen LogP contribution in [0.3, 0.4) is 0 Å². The second kappa shape index (κ2) is 4.39. The number of morpholine rings is 1. The molecule has 0 bridgehead atoms. The van der Waals surface area contributed by atoms with Crippen molar-refractivity contribution in [2.24, 2.45) is 0 Å². The number of benzene rings is 1.